The molecule has 1 aliphatic carbocycles. The monoisotopic (exact) mass is 386 g/mol. The highest BCUT2D eigenvalue weighted by Crippen LogP contribution is 2.57. The summed E-state index contributed by atoms with van der Waals surface area (Å²) in [5, 5.41) is 2.97. The van der Waals surface area contributed by atoms with E-state index < -0.39 is 16.8 Å². The first-order chi connectivity index (χ1) is 11.7. The summed E-state index contributed by atoms with van der Waals surface area (Å²) >= 11 is 0. The molecule has 7 heteroatoms. The summed E-state index contributed by atoms with van der Waals surface area (Å²) < 4.78 is 24.7. The predicted octanol–water partition coefficient (Wildman–Crippen LogP) is 2.97. The van der Waals surface area contributed by atoms with Gasteiger partial charge in [0.25, 0.3) is 0 Å². The molecule has 26 heavy (non-hydrogen) atoms. The molecule has 0 bridgehead atoms. The van der Waals surface area contributed by atoms with Gasteiger partial charge in [-0.2, -0.15) is 0 Å². The number of carbonyl (C=O) groups is 1. The number of nitrogens with two attached hydrogens (primary N) is 1. The molecule has 2 aliphatic rings. The Balaban J connectivity index is 0.00000243. The molecule has 3 rings (SSSR count). The molecule has 0 spiro atoms. The van der Waals surface area contributed by atoms with Crippen molar-refractivity contribution in [3.05, 3.63) is 29.6 Å². The van der Waals surface area contributed by atoms with E-state index in [0.29, 0.717) is 5.56 Å². The van der Waals surface area contributed by atoms with Gasteiger partial charge in [0, 0.05) is 17.9 Å². The molecule has 2 fully saturated rings. The van der Waals surface area contributed by atoms with Crippen LogP contribution in [0.4, 0.5) is 4.39 Å². The van der Waals surface area contributed by atoms with Crippen LogP contribution in [0.1, 0.15) is 45.2 Å². The van der Waals surface area contributed by atoms with Crippen molar-refractivity contribution in [2.24, 2.45) is 17.1 Å². The highest BCUT2D eigenvalue weighted by atomic mass is 35.5. The fourth-order valence-electron chi connectivity index (χ4n) is 4.39. The third kappa shape index (κ3) is 2.98. The summed E-state index contributed by atoms with van der Waals surface area (Å²) in [6, 6.07) is 4.33. The molecule has 1 aromatic carbocycles. The number of halogens is 2. The number of nitrogens with one attached hydrogen (secondary N) is 1. The van der Waals surface area contributed by atoms with Crippen LogP contribution < -0.4 is 15.8 Å². The minimum Gasteiger partial charge on any atom is -0.494 e. The van der Waals surface area contributed by atoms with Crippen molar-refractivity contribution in [1.82, 2.24) is 5.32 Å². The van der Waals surface area contributed by atoms with Gasteiger partial charge in [0.2, 0.25) is 5.91 Å². The van der Waals surface area contributed by atoms with E-state index in [9.17, 15) is 9.18 Å². The van der Waals surface area contributed by atoms with Crippen molar-refractivity contribution in [1.29, 1.82) is 0 Å². The lowest BCUT2D eigenvalue weighted by Gasteiger charge is -2.65. The minimum atomic E-state index is -0.975. The highest BCUT2D eigenvalue weighted by Gasteiger charge is 2.70. The Morgan fingerprint density at radius 2 is 2.15 bits per heavy atom. The Morgan fingerprint density at radius 1 is 1.46 bits per heavy atom. The molecule has 1 aromatic rings. The maximum Gasteiger partial charge on any atom is 0.241 e. The summed E-state index contributed by atoms with van der Waals surface area (Å²) in [7, 11) is 1.42. The van der Waals surface area contributed by atoms with Crippen LogP contribution in [-0.4, -0.2) is 31.3 Å². The molecule has 1 saturated carbocycles. The Morgan fingerprint density at radius 3 is 2.77 bits per heavy atom. The zero-order chi connectivity index (χ0) is 18.4. The molecule has 4 atom stereocenters. The van der Waals surface area contributed by atoms with Gasteiger partial charge in [-0.15, -0.1) is 12.4 Å². The van der Waals surface area contributed by atoms with Gasteiger partial charge in [-0.1, -0.05) is 19.9 Å². The average molecular weight is 387 g/mol. The quantitative estimate of drug-likeness (QED) is 0.834. The van der Waals surface area contributed by atoms with Crippen LogP contribution in [0.3, 0.4) is 0 Å². The molecule has 4 unspecified atom stereocenters. The van der Waals surface area contributed by atoms with Crippen molar-refractivity contribution in [2.75, 3.05) is 13.7 Å². The molecule has 1 saturated heterocycles. The third-order valence-corrected chi connectivity index (χ3v) is 6.08. The summed E-state index contributed by atoms with van der Waals surface area (Å²) in [6.45, 7) is 6.51. The smallest absolute Gasteiger partial charge is 0.241 e. The van der Waals surface area contributed by atoms with E-state index in [-0.39, 0.29) is 42.1 Å². The maximum absolute atomic E-state index is 13.9. The van der Waals surface area contributed by atoms with Crippen molar-refractivity contribution in [2.45, 2.75) is 51.3 Å². The van der Waals surface area contributed by atoms with E-state index in [2.05, 4.69) is 5.32 Å². The molecule has 0 radical (unpaired) electrons. The first-order valence-electron chi connectivity index (χ1n) is 8.78. The largest absolute Gasteiger partial charge is 0.494 e. The zero-order valence-corrected chi connectivity index (χ0v) is 16.5. The summed E-state index contributed by atoms with van der Waals surface area (Å²) in [5.74, 6) is -0.447. The van der Waals surface area contributed by atoms with Gasteiger partial charge < -0.3 is 20.5 Å². The summed E-state index contributed by atoms with van der Waals surface area (Å²) in [6.07, 6.45) is 1.83. The van der Waals surface area contributed by atoms with Gasteiger partial charge in [-0.05, 0) is 37.5 Å². The molecule has 0 aromatic heterocycles. The summed E-state index contributed by atoms with van der Waals surface area (Å²) in [5.41, 5.74) is 5.85. The second-order valence-corrected chi connectivity index (χ2v) is 7.72. The van der Waals surface area contributed by atoms with Crippen LogP contribution in [0.15, 0.2) is 18.2 Å². The zero-order valence-electron chi connectivity index (χ0n) is 15.7. The first-order valence-corrected chi connectivity index (χ1v) is 8.78. The molecular weight excluding hydrogens is 359 g/mol. The number of amides is 1. The third-order valence-electron chi connectivity index (χ3n) is 6.08. The van der Waals surface area contributed by atoms with Crippen LogP contribution >= 0.6 is 12.4 Å². The van der Waals surface area contributed by atoms with Crippen LogP contribution in [0.2, 0.25) is 0 Å². The maximum atomic E-state index is 13.9. The molecule has 5 nitrogen and oxygen atoms in total. The van der Waals surface area contributed by atoms with E-state index in [4.69, 9.17) is 15.2 Å². The Hall–Kier alpha value is -1.37. The number of benzene rings is 1. The van der Waals surface area contributed by atoms with Crippen molar-refractivity contribution >= 4 is 18.3 Å². The Bertz CT molecular complexity index is 685. The number of hydrogen-bond acceptors (Lipinski definition) is 4. The van der Waals surface area contributed by atoms with Crippen molar-refractivity contribution in [3.63, 3.8) is 0 Å². The fourth-order valence-corrected chi connectivity index (χ4v) is 4.39. The molecule has 146 valence electrons. The lowest BCUT2D eigenvalue weighted by Crippen LogP contribution is -2.82. The predicted molar refractivity (Wildman–Crippen MR) is 99.9 cm³/mol. The summed E-state index contributed by atoms with van der Waals surface area (Å²) in [4.78, 5) is 13.0. The van der Waals surface area contributed by atoms with Gasteiger partial charge in [-0.3, -0.25) is 4.79 Å². The van der Waals surface area contributed by atoms with E-state index in [0.717, 1.165) is 19.4 Å². The van der Waals surface area contributed by atoms with Gasteiger partial charge >= 0.3 is 0 Å². The normalized spacial score (nSPS) is 30.2. The number of fused-ring (bicyclic) bond motifs is 1. The Labute approximate surface area is 160 Å². The minimum absolute atomic E-state index is 0. The van der Waals surface area contributed by atoms with Crippen LogP contribution in [0.5, 0.6) is 5.75 Å². The van der Waals surface area contributed by atoms with E-state index in [1.807, 2.05) is 20.8 Å². The number of hydrogen-bond donors (Lipinski definition) is 2. The molecule has 1 amide bonds. The number of carbonyl (C=O) groups excluding carboxylic acids is 1. The standard InChI is InChI=1S/C19H27FN2O3.ClH/c1-11(12-7-8-15(24-4)14(20)10-12)22-17(23)19(21)13-6-5-9-25-16(13)18(19,2)3;/h7-8,10-11,13,16H,5-6,9,21H2,1-4H3,(H,22,23);1H. The van der Waals surface area contributed by atoms with Crippen molar-refractivity contribution in [3.8, 4) is 5.75 Å². The lowest BCUT2D eigenvalue weighted by molar-refractivity contribution is -0.225. The molecule has 3 N–H and O–H groups in total. The SMILES string of the molecule is COc1ccc(C(C)NC(=O)C2(N)C3CCCOC3C2(C)C)cc1F.Cl. The number of methoxy groups -OCH3 is 1. The van der Waals surface area contributed by atoms with Gasteiger partial charge in [0.15, 0.2) is 11.6 Å². The number of rotatable bonds is 4. The molecule has 1 heterocycles. The van der Waals surface area contributed by atoms with Crippen molar-refractivity contribution < 1.29 is 18.7 Å². The van der Waals surface area contributed by atoms with Gasteiger partial charge in [0.05, 0.1) is 19.3 Å². The highest BCUT2D eigenvalue weighted by molar-refractivity contribution is 5.89. The van der Waals surface area contributed by atoms with E-state index >= 15 is 0 Å². The second kappa shape index (κ2) is 7.33. The fraction of sp³-hybridized carbons (Fsp3) is 0.632. The Kier molecular flexibility index (Phi) is 5.90. The van der Waals surface area contributed by atoms with Gasteiger partial charge in [0.1, 0.15) is 5.54 Å². The van der Waals surface area contributed by atoms with E-state index in [1.54, 1.807) is 12.1 Å². The lowest BCUT2D eigenvalue weighted by atomic mass is 9.46. The topological polar surface area (TPSA) is 73.6 Å². The second-order valence-electron chi connectivity index (χ2n) is 7.72. The van der Waals surface area contributed by atoms with Gasteiger partial charge in [-0.25, -0.2) is 4.39 Å². The van der Waals surface area contributed by atoms with Crippen LogP contribution in [0, 0.1) is 17.2 Å². The van der Waals surface area contributed by atoms with Crippen LogP contribution in [-0.2, 0) is 9.53 Å². The number of ether oxygens (including phenoxy) is 2. The average Bonchev–Trinajstić information content (AvgIpc) is 2.60. The molecule has 1 aliphatic heterocycles. The van der Waals surface area contributed by atoms with Crippen LogP contribution in [0.25, 0.3) is 0 Å². The van der Waals surface area contributed by atoms with E-state index in [1.165, 1.54) is 13.2 Å². The first kappa shape index (κ1) is 20.9. The molecular formula is C19H28ClFN2O3.